The van der Waals surface area contributed by atoms with Gasteiger partial charge in [-0.1, -0.05) is 20.8 Å². The lowest BCUT2D eigenvalue weighted by atomic mass is 9.96. The van der Waals surface area contributed by atoms with Gasteiger partial charge in [0.25, 0.3) is 0 Å². The van der Waals surface area contributed by atoms with Crippen LogP contribution in [0.4, 0.5) is 0 Å². The molecule has 0 amide bonds. The van der Waals surface area contributed by atoms with Gasteiger partial charge >= 0.3 is 0 Å². The Kier molecular flexibility index (Phi) is 7.41. The van der Waals surface area contributed by atoms with Gasteiger partial charge in [-0.15, -0.1) is 11.3 Å². The molecule has 0 bridgehead atoms. The Bertz CT molecular complexity index is 632. The fourth-order valence-electron chi connectivity index (χ4n) is 2.78. The molecule has 0 aliphatic heterocycles. The first-order valence-electron chi connectivity index (χ1n) is 8.92. The predicted octanol–water partition coefficient (Wildman–Crippen LogP) is 4.44. The predicted molar refractivity (Wildman–Crippen MR) is 105 cm³/mol. The van der Waals surface area contributed by atoms with Gasteiger partial charge in [0, 0.05) is 37.2 Å². The maximum atomic E-state index is 9.14. The van der Waals surface area contributed by atoms with Gasteiger partial charge in [-0.05, 0) is 43.0 Å². The minimum absolute atomic E-state index is 0.226. The molecule has 0 unspecified atom stereocenters. The summed E-state index contributed by atoms with van der Waals surface area (Å²) < 4.78 is 5.49. The highest BCUT2D eigenvalue weighted by atomic mass is 32.1. The number of ether oxygens (including phenoxy) is 1. The number of aliphatic hydroxyl groups is 1. The normalized spacial score (nSPS) is 11.9. The molecule has 5 heteroatoms. The second-order valence-electron chi connectivity index (χ2n) is 7.45. The van der Waals surface area contributed by atoms with E-state index in [-0.39, 0.29) is 12.0 Å². The van der Waals surface area contributed by atoms with Crippen molar-refractivity contribution in [1.82, 2.24) is 9.88 Å². The molecule has 0 fully saturated rings. The van der Waals surface area contributed by atoms with Gasteiger partial charge in [0.1, 0.15) is 10.8 Å². The van der Waals surface area contributed by atoms with Gasteiger partial charge in [0.2, 0.25) is 0 Å². The van der Waals surface area contributed by atoms with E-state index in [1.807, 2.05) is 19.1 Å². The van der Waals surface area contributed by atoms with E-state index in [9.17, 15) is 0 Å². The van der Waals surface area contributed by atoms with Crippen molar-refractivity contribution < 1.29 is 9.84 Å². The number of aliphatic hydroxyl groups excluding tert-OH is 1. The van der Waals surface area contributed by atoms with E-state index in [2.05, 4.69) is 43.2 Å². The van der Waals surface area contributed by atoms with Gasteiger partial charge in [-0.25, -0.2) is 4.98 Å². The molecule has 0 aliphatic carbocycles. The molecule has 0 aliphatic rings. The SMILES string of the molecule is CCOc1ccc(-c2nc(CN(CCCO)CC(C)(C)C)cs2)cc1. The van der Waals surface area contributed by atoms with E-state index in [0.29, 0.717) is 6.61 Å². The monoisotopic (exact) mass is 362 g/mol. The summed E-state index contributed by atoms with van der Waals surface area (Å²) in [5.74, 6) is 0.892. The summed E-state index contributed by atoms with van der Waals surface area (Å²) in [5, 5.41) is 12.3. The lowest BCUT2D eigenvalue weighted by molar-refractivity contribution is 0.165. The van der Waals surface area contributed by atoms with E-state index in [4.69, 9.17) is 14.8 Å². The minimum atomic E-state index is 0.226. The third kappa shape index (κ3) is 6.77. The van der Waals surface area contributed by atoms with Crippen molar-refractivity contribution in [3.63, 3.8) is 0 Å². The Balaban J connectivity index is 2.05. The first-order chi connectivity index (χ1) is 11.9. The highest BCUT2D eigenvalue weighted by Crippen LogP contribution is 2.27. The molecule has 0 radical (unpaired) electrons. The summed E-state index contributed by atoms with van der Waals surface area (Å²) >= 11 is 1.68. The Morgan fingerprint density at radius 2 is 1.92 bits per heavy atom. The molecule has 2 rings (SSSR count). The molecule has 1 aromatic heterocycles. The van der Waals surface area contributed by atoms with Crippen molar-refractivity contribution in [2.24, 2.45) is 5.41 Å². The molecule has 0 saturated heterocycles. The summed E-state index contributed by atoms with van der Waals surface area (Å²) in [6.07, 6.45) is 0.798. The Morgan fingerprint density at radius 1 is 1.20 bits per heavy atom. The molecule has 138 valence electrons. The van der Waals surface area contributed by atoms with Gasteiger partial charge in [-0.2, -0.15) is 0 Å². The number of hydrogen-bond acceptors (Lipinski definition) is 5. The topological polar surface area (TPSA) is 45.6 Å². The number of thiazole rings is 1. The van der Waals surface area contributed by atoms with Gasteiger partial charge < -0.3 is 9.84 Å². The van der Waals surface area contributed by atoms with Crippen LogP contribution in [-0.4, -0.2) is 41.3 Å². The summed E-state index contributed by atoms with van der Waals surface area (Å²) in [5.41, 5.74) is 2.44. The second-order valence-corrected chi connectivity index (χ2v) is 8.31. The zero-order valence-corrected chi connectivity index (χ0v) is 16.6. The first kappa shape index (κ1) is 19.9. The van der Waals surface area contributed by atoms with Crippen molar-refractivity contribution in [2.75, 3.05) is 26.3 Å². The summed E-state index contributed by atoms with van der Waals surface area (Å²) in [7, 11) is 0. The van der Waals surface area contributed by atoms with E-state index >= 15 is 0 Å². The van der Waals surface area contributed by atoms with Crippen LogP contribution >= 0.6 is 11.3 Å². The highest BCUT2D eigenvalue weighted by Gasteiger charge is 2.17. The number of benzene rings is 1. The average molecular weight is 363 g/mol. The third-order valence-corrected chi connectivity index (χ3v) is 4.62. The second kappa shape index (κ2) is 9.32. The van der Waals surface area contributed by atoms with E-state index in [1.54, 1.807) is 11.3 Å². The van der Waals surface area contributed by atoms with Crippen LogP contribution in [0.1, 0.15) is 39.8 Å². The van der Waals surface area contributed by atoms with Crippen LogP contribution in [0.3, 0.4) is 0 Å². The lowest BCUT2D eigenvalue weighted by Gasteiger charge is -2.29. The van der Waals surface area contributed by atoms with E-state index in [0.717, 1.165) is 48.1 Å². The van der Waals surface area contributed by atoms with Crippen LogP contribution in [0.2, 0.25) is 0 Å². The zero-order chi connectivity index (χ0) is 18.3. The van der Waals surface area contributed by atoms with Crippen LogP contribution in [0.5, 0.6) is 5.75 Å². The minimum Gasteiger partial charge on any atom is -0.494 e. The molecule has 2 aromatic rings. The van der Waals surface area contributed by atoms with Crippen molar-refractivity contribution in [2.45, 2.75) is 40.7 Å². The molecule has 1 aromatic carbocycles. The largest absolute Gasteiger partial charge is 0.494 e. The van der Waals surface area contributed by atoms with Crippen LogP contribution in [0.15, 0.2) is 29.6 Å². The van der Waals surface area contributed by atoms with Crippen LogP contribution in [0, 0.1) is 5.41 Å². The van der Waals surface area contributed by atoms with Gasteiger partial charge in [-0.3, -0.25) is 4.90 Å². The molecule has 1 heterocycles. The molecule has 25 heavy (non-hydrogen) atoms. The van der Waals surface area contributed by atoms with Crippen molar-refractivity contribution in [3.8, 4) is 16.3 Å². The van der Waals surface area contributed by atoms with Crippen molar-refractivity contribution >= 4 is 11.3 Å². The summed E-state index contributed by atoms with van der Waals surface area (Å²) in [6.45, 7) is 12.3. The number of nitrogens with zero attached hydrogens (tertiary/aromatic N) is 2. The maximum absolute atomic E-state index is 9.14. The molecule has 4 nitrogen and oxygen atoms in total. The zero-order valence-electron chi connectivity index (χ0n) is 15.8. The Labute approximate surface area is 155 Å². The summed E-state index contributed by atoms with van der Waals surface area (Å²) in [4.78, 5) is 7.19. The van der Waals surface area contributed by atoms with Crippen LogP contribution < -0.4 is 4.74 Å². The molecule has 0 saturated carbocycles. The van der Waals surface area contributed by atoms with Crippen molar-refractivity contribution in [1.29, 1.82) is 0 Å². The fourth-order valence-corrected chi connectivity index (χ4v) is 3.60. The average Bonchev–Trinajstić information content (AvgIpc) is 3.01. The maximum Gasteiger partial charge on any atom is 0.123 e. The van der Waals surface area contributed by atoms with Crippen LogP contribution in [0.25, 0.3) is 10.6 Å². The number of rotatable bonds is 9. The van der Waals surface area contributed by atoms with Crippen molar-refractivity contribution in [3.05, 3.63) is 35.3 Å². The third-order valence-electron chi connectivity index (χ3n) is 3.68. The van der Waals surface area contributed by atoms with Crippen LogP contribution in [-0.2, 0) is 6.54 Å². The smallest absolute Gasteiger partial charge is 0.123 e. The highest BCUT2D eigenvalue weighted by molar-refractivity contribution is 7.13. The molecule has 1 N–H and O–H groups in total. The quantitative estimate of drug-likeness (QED) is 0.716. The first-order valence-corrected chi connectivity index (χ1v) is 9.80. The number of hydrogen-bond donors (Lipinski definition) is 1. The number of aromatic nitrogens is 1. The summed E-state index contributed by atoms with van der Waals surface area (Å²) in [6, 6.07) is 8.11. The van der Waals surface area contributed by atoms with E-state index < -0.39 is 0 Å². The molecular weight excluding hydrogens is 332 g/mol. The van der Waals surface area contributed by atoms with E-state index in [1.165, 1.54) is 0 Å². The molecule has 0 atom stereocenters. The van der Waals surface area contributed by atoms with Gasteiger partial charge in [0.05, 0.1) is 12.3 Å². The standard InChI is InChI=1S/C20H30N2O2S/c1-5-24-18-9-7-16(8-10-18)19-21-17(14-25-19)13-22(11-6-12-23)15-20(2,3)4/h7-10,14,23H,5-6,11-13,15H2,1-4H3. The molecule has 0 spiro atoms. The lowest BCUT2D eigenvalue weighted by Crippen LogP contribution is -2.33. The molecular formula is C20H30N2O2S. The Hall–Kier alpha value is -1.43. The van der Waals surface area contributed by atoms with Gasteiger partial charge in [0.15, 0.2) is 0 Å². The Morgan fingerprint density at radius 3 is 2.52 bits per heavy atom. The fraction of sp³-hybridized carbons (Fsp3) is 0.550.